The molecule has 41 heavy (non-hydrogen) atoms. The number of hydrogen-bond donors (Lipinski definition) is 2. The fourth-order valence-electron chi connectivity index (χ4n) is 4.89. The molecule has 3 aromatic heterocycles. The standard InChI is InChI=1S/C30H36N6O4S/c1-6-18(2)40-27-25(20-11-14-41-17-20)26-23(36(4)29(27)38)16-31-30(34-26)33-22-8-7-19(15-24(22)39-5)28(37)32-21-9-12-35(3)13-10-21/h7-8,11,14-18,21H,6,9-10,12-13H2,1-5H3,(H,32,37)(H,31,33,34). The second-order valence-electron chi connectivity index (χ2n) is 10.4. The highest BCUT2D eigenvalue weighted by molar-refractivity contribution is 7.08. The van der Waals surface area contributed by atoms with Crippen LogP contribution in [0.15, 0.2) is 46.0 Å². The molecule has 1 aliphatic heterocycles. The molecule has 216 valence electrons. The van der Waals surface area contributed by atoms with E-state index >= 15 is 0 Å². The number of pyridine rings is 1. The van der Waals surface area contributed by atoms with Crippen LogP contribution in [0.2, 0.25) is 0 Å². The van der Waals surface area contributed by atoms with Crippen LogP contribution in [0.3, 0.4) is 0 Å². The smallest absolute Gasteiger partial charge is 0.293 e. The van der Waals surface area contributed by atoms with E-state index in [1.54, 1.807) is 38.6 Å². The highest BCUT2D eigenvalue weighted by Crippen LogP contribution is 2.36. The zero-order valence-corrected chi connectivity index (χ0v) is 24.9. The van der Waals surface area contributed by atoms with Gasteiger partial charge in [0.1, 0.15) is 11.3 Å². The van der Waals surface area contributed by atoms with Gasteiger partial charge in [-0.15, -0.1) is 0 Å². The summed E-state index contributed by atoms with van der Waals surface area (Å²) >= 11 is 1.54. The minimum Gasteiger partial charge on any atom is -0.495 e. The van der Waals surface area contributed by atoms with Gasteiger partial charge in [0.25, 0.3) is 11.5 Å². The fraction of sp³-hybridized carbons (Fsp3) is 0.400. The molecule has 5 rings (SSSR count). The summed E-state index contributed by atoms with van der Waals surface area (Å²) in [6.07, 6.45) is 4.11. The van der Waals surface area contributed by atoms with Crippen molar-refractivity contribution in [2.24, 2.45) is 7.05 Å². The number of rotatable bonds is 9. The fourth-order valence-corrected chi connectivity index (χ4v) is 5.53. The Morgan fingerprint density at radius 1 is 1.22 bits per heavy atom. The van der Waals surface area contributed by atoms with Crippen molar-refractivity contribution in [1.29, 1.82) is 0 Å². The van der Waals surface area contributed by atoms with Gasteiger partial charge in [0.15, 0.2) is 5.75 Å². The monoisotopic (exact) mass is 576 g/mol. The molecule has 1 aliphatic rings. The van der Waals surface area contributed by atoms with Crippen LogP contribution in [0.5, 0.6) is 11.5 Å². The molecule has 4 aromatic rings. The Kier molecular flexibility index (Phi) is 8.55. The third-order valence-corrected chi connectivity index (χ3v) is 8.24. The first-order chi connectivity index (χ1) is 19.8. The number of methoxy groups -OCH3 is 1. The van der Waals surface area contributed by atoms with Gasteiger partial charge in [-0.2, -0.15) is 11.3 Å². The lowest BCUT2D eigenvalue weighted by Gasteiger charge is -2.29. The van der Waals surface area contributed by atoms with E-state index in [0.29, 0.717) is 39.5 Å². The van der Waals surface area contributed by atoms with Gasteiger partial charge >= 0.3 is 0 Å². The number of anilines is 2. The average molecular weight is 577 g/mol. The lowest BCUT2D eigenvalue weighted by molar-refractivity contribution is 0.0916. The maximum Gasteiger partial charge on any atom is 0.293 e. The lowest BCUT2D eigenvalue weighted by atomic mass is 10.0. The van der Waals surface area contributed by atoms with E-state index in [2.05, 4.69) is 27.6 Å². The Labute approximate surface area is 243 Å². The summed E-state index contributed by atoms with van der Waals surface area (Å²) in [6, 6.07) is 7.38. The highest BCUT2D eigenvalue weighted by Gasteiger charge is 2.23. The Morgan fingerprint density at radius 2 is 2.00 bits per heavy atom. The summed E-state index contributed by atoms with van der Waals surface area (Å²) < 4.78 is 13.3. The molecular formula is C30H36N6O4S. The SMILES string of the molecule is CCC(C)Oc1c(-c2ccsc2)c2nc(Nc3ccc(C(=O)NC4CCN(C)CC4)cc3OC)ncc2n(C)c1=O. The molecular weight excluding hydrogens is 540 g/mol. The van der Waals surface area contributed by atoms with Crippen LogP contribution in [0, 0.1) is 0 Å². The summed E-state index contributed by atoms with van der Waals surface area (Å²) in [4.78, 5) is 37.9. The number of fused-ring (bicyclic) bond motifs is 1. The molecule has 11 heteroatoms. The van der Waals surface area contributed by atoms with Gasteiger partial charge in [-0.3, -0.25) is 9.59 Å². The molecule has 1 saturated heterocycles. The number of piperidine rings is 1. The van der Waals surface area contributed by atoms with Crippen molar-refractivity contribution < 1.29 is 14.3 Å². The Hall–Kier alpha value is -3.96. The molecule has 0 aliphatic carbocycles. The molecule has 0 bridgehead atoms. The first-order valence-electron chi connectivity index (χ1n) is 13.8. The minimum atomic E-state index is -0.237. The third kappa shape index (κ3) is 6.06. The molecule has 1 aromatic carbocycles. The summed E-state index contributed by atoms with van der Waals surface area (Å²) in [6.45, 7) is 5.90. The number of aryl methyl sites for hydroxylation is 1. The predicted octanol–water partition coefficient (Wildman–Crippen LogP) is 4.81. The molecule has 1 unspecified atom stereocenters. The number of carbonyl (C=O) groups excluding carboxylic acids is 1. The van der Waals surface area contributed by atoms with E-state index in [1.165, 1.54) is 15.9 Å². The van der Waals surface area contributed by atoms with Gasteiger partial charge in [0, 0.05) is 18.7 Å². The summed E-state index contributed by atoms with van der Waals surface area (Å²) in [7, 11) is 5.35. The second kappa shape index (κ2) is 12.3. The first-order valence-corrected chi connectivity index (χ1v) is 14.8. The van der Waals surface area contributed by atoms with E-state index in [-0.39, 0.29) is 29.4 Å². The van der Waals surface area contributed by atoms with Crippen molar-refractivity contribution in [3.05, 3.63) is 57.1 Å². The van der Waals surface area contributed by atoms with E-state index in [0.717, 1.165) is 37.9 Å². The maximum absolute atomic E-state index is 13.4. The van der Waals surface area contributed by atoms with E-state index in [9.17, 15) is 9.59 Å². The van der Waals surface area contributed by atoms with Crippen LogP contribution < -0.4 is 25.7 Å². The lowest BCUT2D eigenvalue weighted by Crippen LogP contribution is -2.43. The van der Waals surface area contributed by atoms with Crippen molar-refractivity contribution >= 4 is 39.9 Å². The first kappa shape index (κ1) is 28.6. The number of benzene rings is 1. The Morgan fingerprint density at radius 3 is 2.68 bits per heavy atom. The number of ether oxygens (including phenoxy) is 2. The molecule has 1 amide bonds. The summed E-state index contributed by atoms with van der Waals surface area (Å²) in [5.41, 5.74) is 3.58. The number of aromatic nitrogens is 3. The number of carbonyl (C=O) groups is 1. The van der Waals surface area contributed by atoms with Gasteiger partial charge in [0.05, 0.1) is 36.2 Å². The molecule has 4 heterocycles. The predicted molar refractivity (Wildman–Crippen MR) is 163 cm³/mol. The van der Waals surface area contributed by atoms with Crippen LogP contribution in [0.25, 0.3) is 22.2 Å². The van der Waals surface area contributed by atoms with Crippen molar-refractivity contribution in [2.75, 3.05) is 32.6 Å². The number of thiophene rings is 1. The molecule has 1 fully saturated rings. The summed E-state index contributed by atoms with van der Waals surface area (Å²) in [5, 5.41) is 10.3. The molecule has 2 N–H and O–H groups in total. The Balaban J connectivity index is 1.48. The normalized spacial score (nSPS) is 15.0. The molecule has 10 nitrogen and oxygen atoms in total. The topological polar surface area (TPSA) is 111 Å². The van der Waals surface area contributed by atoms with Gasteiger partial charge in [-0.1, -0.05) is 6.92 Å². The Bertz CT molecular complexity index is 1600. The zero-order valence-electron chi connectivity index (χ0n) is 24.1. The molecule has 1 atom stereocenters. The van der Waals surface area contributed by atoms with Gasteiger partial charge < -0.3 is 29.6 Å². The summed E-state index contributed by atoms with van der Waals surface area (Å²) in [5.74, 6) is 0.962. The van der Waals surface area contributed by atoms with Crippen molar-refractivity contribution in [1.82, 2.24) is 24.8 Å². The van der Waals surface area contributed by atoms with Crippen molar-refractivity contribution in [3.63, 3.8) is 0 Å². The number of nitrogens with one attached hydrogen (secondary N) is 2. The molecule has 0 saturated carbocycles. The number of amides is 1. The van der Waals surface area contributed by atoms with Crippen LogP contribution in [0.4, 0.5) is 11.6 Å². The van der Waals surface area contributed by atoms with E-state index in [1.807, 2.05) is 30.7 Å². The quantitative estimate of drug-likeness (QED) is 0.292. The largest absolute Gasteiger partial charge is 0.495 e. The maximum atomic E-state index is 13.4. The zero-order chi connectivity index (χ0) is 29.1. The highest BCUT2D eigenvalue weighted by atomic mass is 32.1. The number of hydrogen-bond acceptors (Lipinski definition) is 9. The third-order valence-electron chi connectivity index (χ3n) is 7.56. The van der Waals surface area contributed by atoms with Crippen molar-refractivity contribution in [3.8, 4) is 22.6 Å². The van der Waals surface area contributed by atoms with E-state index in [4.69, 9.17) is 14.5 Å². The number of nitrogens with zero attached hydrogens (tertiary/aromatic N) is 4. The van der Waals surface area contributed by atoms with Crippen LogP contribution >= 0.6 is 11.3 Å². The average Bonchev–Trinajstić information content (AvgIpc) is 3.51. The van der Waals surface area contributed by atoms with Crippen molar-refractivity contribution in [2.45, 2.75) is 45.3 Å². The van der Waals surface area contributed by atoms with Crippen LogP contribution in [0.1, 0.15) is 43.5 Å². The second-order valence-corrected chi connectivity index (χ2v) is 11.2. The van der Waals surface area contributed by atoms with Crippen LogP contribution in [-0.4, -0.2) is 64.7 Å². The minimum absolute atomic E-state index is 0.124. The molecule has 0 spiro atoms. The van der Waals surface area contributed by atoms with Gasteiger partial charge in [-0.25, -0.2) is 9.97 Å². The van der Waals surface area contributed by atoms with Crippen LogP contribution in [-0.2, 0) is 7.05 Å². The van der Waals surface area contributed by atoms with Gasteiger partial charge in [0.2, 0.25) is 5.95 Å². The van der Waals surface area contributed by atoms with E-state index < -0.39 is 0 Å². The van der Waals surface area contributed by atoms with Gasteiger partial charge in [-0.05, 0) is 86.9 Å². The molecule has 0 radical (unpaired) electrons. The number of likely N-dealkylation sites (tertiary alicyclic amines) is 1.